The molecule has 0 spiro atoms. The van der Waals surface area contributed by atoms with E-state index < -0.39 is 0 Å². The fourth-order valence-electron chi connectivity index (χ4n) is 1.61. The number of thiophene rings is 1. The van der Waals surface area contributed by atoms with Crippen LogP contribution in [0.4, 0.5) is 0 Å². The van der Waals surface area contributed by atoms with Gasteiger partial charge in [-0.05, 0) is 18.2 Å². The van der Waals surface area contributed by atoms with Gasteiger partial charge in [0.05, 0.1) is 25.0 Å². The van der Waals surface area contributed by atoms with Gasteiger partial charge < -0.3 is 4.74 Å². The van der Waals surface area contributed by atoms with Crippen molar-refractivity contribution in [1.29, 1.82) is 0 Å². The lowest BCUT2D eigenvalue weighted by atomic mass is 10.2. The second-order valence-corrected chi connectivity index (χ2v) is 5.14. The molecule has 0 fully saturated rings. The monoisotopic (exact) mass is 278 g/mol. The van der Waals surface area contributed by atoms with Crippen LogP contribution < -0.4 is 0 Å². The number of nitrogens with zero attached hydrogens (tertiary/aromatic N) is 2. The molecule has 6 heteroatoms. The number of Topliss-reactive ketones (excluding diaryl/α,β-unsaturated/α-hetero) is 1. The van der Waals surface area contributed by atoms with Crippen molar-refractivity contribution in [2.24, 2.45) is 0 Å². The van der Waals surface area contributed by atoms with Crippen LogP contribution in [0.5, 0.6) is 0 Å². The highest BCUT2D eigenvalue weighted by Gasteiger charge is 2.12. The van der Waals surface area contributed by atoms with Crippen LogP contribution in [0.2, 0.25) is 0 Å². The number of hydrogen-bond acceptors (Lipinski definition) is 5. The van der Waals surface area contributed by atoms with Gasteiger partial charge in [0.15, 0.2) is 5.78 Å². The third kappa shape index (κ3) is 3.75. The zero-order valence-electron chi connectivity index (χ0n) is 10.5. The molecule has 0 unspecified atom stereocenters. The Morgan fingerprint density at radius 3 is 2.89 bits per heavy atom. The lowest BCUT2D eigenvalue weighted by Gasteiger charge is -1.98. The molecule has 100 valence electrons. The van der Waals surface area contributed by atoms with Gasteiger partial charge in [-0.25, -0.2) is 0 Å². The molecule has 0 aliphatic carbocycles. The van der Waals surface area contributed by atoms with Gasteiger partial charge in [0.2, 0.25) is 0 Å². The van der Waals surface area contributed by atoms with E-state index in [9.17, 15) is 9.59 Å². The van der Waals surface area contributed by atoms with E-state index in [0.29, 0.717) is 11.4 Å². The predicted molar refractivity (Wildman–Crippen MR) is 71.2 cm³/mol. The molecule has 0 aliphatic heterocycles. The van der Waals surface area contributed by atoms with Gasteiger partial charge in [0, 0.05) is 23.7 Å². The number of ketones is 1. The molecule has 5 nitrogen and oxygen atoms in total. The molecule has 0 saturated heterocycles. The van der Waals surface area contributed by atoms with Gasteiger partial charge in [-0.1, -0.05) is 0 Å². The molecule has 0 radical (unpaired) electrons. The van der Waals surface area contributed by atoms with Gasteiger partial charge in [0.1, 0.15) is 0 Å². The number of ether oxygens (including phenoxy) is 1. The highest BCUT2D eigenvalue weighted by Crippen LogP contribution is 2.19. The second kappa shape index (κ2) is 6.29. The van der Waals surface area contributed by atoms with Crippen molar-refractivity contribution < 1.29 is 14.3 Å². The smallest absolute Gasteiger partial charge is 0.305 e. The summed E-state index contributed by atoms with van der Waals surface area (Å²) in [6.07, 6.45) is 3.91. The molecule has 0 saturated carbocycles. The van der Waals surface area contributed by atoms with Crippen molar-refractivity contribution in [2.75, 3.05) is 7.11 Å². The van der Waals surface area contributed by atoms with E-state index in [1.165, 1.54) is 18.4 Å². The SMILES string of the molecule is COC(=O)CCC(=O)c1ccc(Cn2cccn2)s1. The molecule has 0 amide bonds. The van der Waals surface area contributed by atoms with E-state index in [0.717, 1.165) is 4.88 Å². The molecule has 2 heterocycles. The van der Waals surface area contributed by atoms with E-state index in [4.69, 9.17) is 0 Å². The summed E-state index contributed by atoms with van der Waals surface area (Å²) in [6, 6.07) is 5.57. The van der Waals surface area contributed by atoms with Crippen LogP contribution in [0, 0.1) is 0 Å². The van der Waals surface area contributed by atoms with Gasteiger partial charge >= 0.3 is 5.97 Å². The molecule has 2 aromatic heterocycles. The maximum atomic E-state index is 11.9. The molecular weight excluding hydrogens is 264 g/mol. The topological polar surface area (TPSA) is 61.2 Å². The molecular formula is C13H14N2O3S. The molecule has 2 rings (SSSR count). The first-order valence-electron chi connectivity index (χ1n) is 5.85. The van der Waals surface area contributed by atoms with Crippen LogP contribution in [-0.2, 0) is 16.1 Å². The Kier molecular flexibility index (Phi) is 4.46. The first-order chi connectivity index (χ1) is 9.19. The molecule has 0 bridgehead atoms. The summed E-state index contributed by atoms with van der Waals surface area (Å²) < 4.78 is 6.31. The van der Waals surface area contributed by atoms with Crippen LogP contribution in [0.3, 0.4) is 0 Å². The Morgan fingerprint density at radius 2 is 2.21 bits per heavy atom. The van der Waals surface area contributed by atoms with Gasteiger partial charge in [-0.2, -0.15) is 5.10 Å². The normalized spacial score (nSPS) is 10.4. The van der Waals surface area contributed by atoms with Crippen LogP contribution in [0.1, 0.15) is 27.4 Å². The highest BCUT2D eigenvalue weighted by atomic mass is 32.1. The minimum absolute atomic E-state index is 0.0258. The summed E-state index contributed by atoms with van der Waals surface area (Å²) in [5, 5.41) is 4.11. The van der Waals surface area contributed by atoms with Gasteiger partial charge in [0.25, 0.3) is 0 Å². The molecule has 0 aromatic carbocycles. The summed E-state index contributed by atoms with van der Waals surface area (Å²) >= 11 is 1.44. The van der Waals surface area contributed by atoms with E-state index in [1.807, 2.05) is 18.3 Å². The van der Waals surface area contributed by atoms with Crippen LogP contribution in [-0.4, -0.2) is 28.6 Å². The lowest BCUT2D eigenvalue weighted by Crippen LogP contribution is -2.04. The third-order valence-corrected chi connectivity index (χ3v) is 3.71. The van der Waals surface area contributed by atoms with Crippen LogP contribution >= 0.6 is 11.3 Å². The fourth-order valence-corrected chi connectivity index (χ4v) is 2.57. The van der Waals surface area contributed by atoms with Crippen LogP contribution in [0.25, 0.3) is 0 Å². The Morgan fingerprint density at radius 1 is 1.37 bits per heavy atom. The number of methoxy groups -OCH3 is 1. The van der Waals surface area contributed by atoms with E-state index >= 15 is 0 Å². The fraction of sp³-hybridized carbons (Fsp3) is 0.308. The first-order valence-corrected chi connectivity index (χ1v) is 6.67. The number of rotatable bonds is 6. The van der Waals surface area contributed by atoms with Crippen molar-refractivity contribution in [3.05, 3.63) is 40.3 Å². The Balaban J connectivity index is 1.93. The minimum atomic E-state index is -0.360. The quantitative estimate of drug-likeness (QED) is 0.600. The average Bonchev–Trinajstić information content (AvgIpc) is 3.07. The standard InChI is InChI=1S/C13H14N2O3S/c1-18-13(17)6-4-11(16)12-5-3-10(19-12)9-15-8-2-7-14-15/h2-3,5,7-8H,4,6,9H2,1H3. The number of carbonyl (C=O) groups is 2. The summed E-state index contributed by atoms with van der Waals surface area (Å²) in [6.45, 7) is 0.655. The van der Waals surface area contributed by atoms with Crippen LogP contribution in [0.15, 0.2) is 30.6 Å². The van der Waals surface area contributed by atoms with Crippen molar-refractivity contribution in [2.45, 2.75) is 19.4 Å². The minimum Gasteiger partial charge on any atom is -0.469 e. The van der Waals surface area contributed by atoms with Crippen molar-refractivity contribution in [3.8, 4) is 0 Å². The Labute approximate surface area is 114 Å². The molecule has 19 heavy (non-hydrogen) atoms. The van der Waals surface area contributed by atoms with Crippen molar-refractivity contribution in [3.63, 3.8) is 0 Å². The highest BCUT2D eigenvalue weighted by molar-refractivity contribution is 7.14. The summed E-state index contributed by atoms with van der Waals surface area (Å²) in [7, 11) is 1.32. The number of esters is 1. The van der Waals surface area contributed by atoms with Gasteiger partial charge in [-0.15, -0.1) is 11.3 Å². The van der Waals surface area contributed by atoms with E-state index in [1.54, 1.807) is 16.9 Å². The van der Waals surface area contributed by atoms with E-state index in [2.05, 4.69) is 9.84 Å². The number of carbonyl (C=O) groups excluding carboxylic acids is 2. The van der Waals surface area contributed by atoms with Crippen molar-refractivity contribution in [1.82, 2.24) is 9.78 Å². The second-order valence-electron chi connectivity index (χ2n) is 3.97. The van der Waals surface area contributed by atoms with Gasteiger partial charge in [-0.3, -0.25) is 14.3 Å². The summed E-state index contributed by atoms with van der Waals surface area (Å²) in [4.78, 5) is 24.6. The first kappa shape index (κ1) is 13.5. The largest absolute Gasteiger partial charge is 0.469 e. The molecule has 2 aromatic rings. The third-order valence-electron chi connectivity index (χ3n) is 2.60. The number of hydrogen-bond donors (Lipinski definition) is 0. The Bertz CT molecular complexity index is 560. The summed E-state index contributed by atoms with van der Waals surface area (Å²) in [5.41, 5.74) is 0. The maximum Gasteiger partial charge on any atom is 0.305 e. The molecule has 0 N–H and O–H groups in total. The van der Waals surface area contributed by atoms with E-state index in [-0.39, 0.29) is 24.6 Å². The molecule has 0 atom stereocenters. The lowest BCUT2D eigenvalue weighted by molar-refractivity contribution is -0.140. The molecule has 0 aliphatic rings. The predicted octanol–water partition coefficient (Wildman–Crippen LogP) is 2.13. The zero-order chi connectivity index (χ0) is 13.7. The van der Waals surface area contributed by atoms with Crippen molar-refractivity contribution >= 4 is 23.1 Å². The maximum absolute atomic E-state index is 11.9. The zero-order valence-corrected chi connectivity index (χ0v) is 11.4. The number of aromatic nitrogens is 2. The summed E-state index contributed by atoms with van der Waals surface area (Å²) in [5.74, 6) is -0.385. The average molecular weight is 278 g/mol. The Hall–Kier alpha value is -1.95.